The van der Waals surface area contributed by atoms with Crippen molar-refractivity contribution in [1.82, 2.24) is 0 Å². The summed E-state index contributed by atoms with van der Waals surface area (Å²) >= 11 is 5.89. The molecule has 1 aromatic carbocycles. The van der Waals surface area contributed by atoms with Crippen molar-refractivity contribution >= 4 is 17.3 Å². The molecule has 0 heterocycles. The number of hydrogen-bond donors (Lipinski definition) is 2. The van der Waals surface area contributed by atoms with E-state index in [1.807, 2.05) is 32.0 Å². The summed E-state index contributed by atoms with van der Waals surface area (Å²) in [5, 5.41) is 13.4. The van der Waals surface area contributed by atoms with E-state index in [1.54, 1.807) is 0 Å². The highest BCUT2D eigenvalue weighted by molar-refractivity contribution is 6.30. The summed E-state index contributed by atoms with van der Waals surface area (Å²) in [5.41, 5.74) is 2.05. The van der Waals surface area contributed by atoms with E-state index in [9.17, 15) is 5.11 Å². The second-order valence-electron chi connectivity index (χ2n) is 3.65. The zero-order chi connectivity index (χ0) is 12.0. The predicted molar refractivity (Wildman–Crippen MR) is 67.2 cm³/mol. The fourth-order valence-corrected chi connectivity index (χ4v) is 1.50. The van der Waals surface area contributed by atoms with E-state index in [0.29, 0.717) is 24.8 Å². The lowest BCUT2D eigenvalue weighted by atomic mass is 10.2. The summed E-state index contributed by atoms with van der Waals surface area (Å²) in [6.45, 7) is 5.33. The minimum Gasteiger partial charge on any atom is -0.389 e. The van der Waals surface area contributed by atoms with E-state index in [0.717, 1.165) is 11.3 Å². The van der Waals surface area contributed by atoms with Crippen molar-refractivity contribution in [3.8, 4) is 0 Å². The van der Waals surface area contributed by atoms with Crippen LogP contribution in [0, 0.1) is 6.92 Å². The molecule has 4 heteroatoms. The number of ether oxygens (including phenoxy) is 1. The van der Waals surface area contributed by atoms with Crippen LogP contribution in [-0.4, -0.2) is 31.0 Å². The van der Waals surface area contributed by atoms with Crippen LogP contribution in [0.5, 0.6) is 0 Å². The van der Waals surface area contributed by atoms with Crippen molar-refractivity contribution in [2.24, 2.45) is 0 Å². The third-order valence-electron chi connectivity index (χ3n) is 2.24. The van der Waals surface area contributed by atoms with Gasteiger partial charge in [0.2, 0.25) is 0 Å². The number of nitrogens with one attached hydrogen (secondary N) is 1. The molecule has 0 fully saturated rings. The van der Waals surface area contributed by atoms with Crippen molar-refractivity contribution in [2.75, 3.05) is 25.1 Å². The van der Waals surface area contributed by atoms with Gasteiger partial charge in [0.05, 0.1) is 12.7 Å². The average Bonchev–Trinajstić information content (AvgIpc) is 2.27. The van der Waals surface area contributed by atoms with Gasteiger partial charge in [-0.05, 0) is 31.5 Å². The van der Waals surface area contributed by atoms with Gasteiger partial charge in [-0.3, -0.25) is 0 Å². The Morgan fingerprint density at radius 3 is 2.94 bits per heavy atom. The first-order valence-corrected chi connectivity index (χ1v) is 5.77. The topological polar surface area (TPSA) is 41.5 Å². The maximum atomic E-state index is 9.58. The summed E-state index contributed by atoms with van der Waals surface area (Å²) in [6, 6.07) is 5.64. The molecule has 0 saturated carbocycles. The molecule has 0 bridgehead atoms. The second-order valence-corrected chi connectivity index (χ2v) is 4.09. The van der Waals surface area contributed by atoms with E-state index in [2.05, 4.69) is 5.32 Å². The number of aliphatic hydroxyl groups excluding tert-OH is 1. The van der Waals surface area contributed by atoms with Gasteiger partial charge in [-0.2, -0.15) is 0 Å². The molecule has 0 aliphatic carbocycles. The van der Waals surface area contributed by atoms with Gasteiger partial charge in [-0.1, -0.05) is 17.7 Å². The molecule has 0 spiro atoms. The predicted octanol–water partition coefficient (Wildman–Crippen LogP) is 2.46. The number of rotatable bonds is 6. The molecule has 1 aromatic rings. The molecule has 90 valence electrons. The average molecular weight is 244 g/mol. The van der Waals surface area contributed by atoms with Gasteiger partial charge < -0.3 is 15.2 Å². The van der Waals surface area contributed by atoms with E-state index >= 15 is 0 Å². The number of anilines is 1. The summed E-state index contributed by atoms with van der Waals surface area (Å²) in [4.78, 5) is 0. The van der Waals surface area contributed by atoms with Crippen LogP contribution < -0.4 is 5.32 Å². The van der Waals surface area contributed by atoms with Crippen LogP contribution in [0.4, 0.5) is 5.69 Å². The van der Waals surface area contributed by atoms with E-state index in [1.165, 1.54) is 0 Å². The van der Waals surface area contributed by atoms with Crippen LogP contribution in [0.2, 0.25) is 5.02 Å². The monoisotopic (exact) mass is 243 g/mol. The SMILES string of the molecule is CCOCC(O)CNc1cc(Cl)ccc1C. The Labute approximate surface area is 101 Å². The lowest BCUT2D eigenvalue weighted by Crippen LogP contribution is -2.25. The van der Waals surface area contributed by atoms with Gasteiger partial charge in [-0.15, -0.1) is 0 Å². The van der Waals surface area contributed by atoms with Gasteiger partial charge in [0.15, 0.2) is 0 Å². The van der Waals surface area contributed by atoms with Gasteiger partial charge in [0, 0.05) is 23.9 Å². The minimum absolute atomic E-state index is 0.350. The van der Waals surface area contributed by atoms with Crippen molar-refractivity contribution in [3.05, 3.63) is 28.8 Å². The fraction of sp³-hybridized carbons (Fsp3) is 0.500. The molecule has 0 radical (unpaired) electrons. The van der Waals surface area contributed by atoms with E-state index < -0.39 is 6.10 Å². The van der Waals surface area contributed by atoms with Crippen molar-refractivity contribution in [2.45, 2.75) is 20.0 Å². The Balaban J connectivity index is 2.44. The van der Waals surface area contributed by atoms with Crippen LogP contribution in [0.1, 0.15) is 12.5 Å². The number of benzene rings is 1. The number of aryl methyl sites for hydroxylation is 1. The van der Waals surface area contributed by atoms with Crippen LogP contribution >= 0.6 is 11.6 Å². The number of aliphatic hydroxyl groups is 1. The Hall–Kier alpha value is -0.770. The van der Waals surface area contributed by atoms with Gasteiger partial charge in [0.25, 0.3) is 0 Å². The molecular weight excluding hydrogens is 226 g/mol. The molecule has 3 nitrogen and oxygen atoms in total. The standard InChI is InChI=1S/C12H18ClNO2/c1-3-16-8-11(15)7-14-12-6-10(13)5-4-9(12)2/h4-6,11,14-15H,3,7-8H2,1-2H3. The zero-order valence-corrected chi connectivity index (χ0v) is 10.4. The maximum Gasteiger partial charge on any atom is 0.0945 e. The highest BCUT2D eigenvalue weighted by atomic mass is 35.5. The fourth-order valence-electron chi connectivity index (χ4n) is 1.33. The van der Waals surface area contributed by atoms with Gasteiger partial charge >= 0.3 is 0 Å². The summed E-state index contributed by atoms with van der Waals surface area (Å²) in [7, 11) is 0. The maximum absolute atomic E-state index is 9.58. The summed E-state index contributed by atoms with van der Waals surface area (Å²) in [6.07, 6.45) is -0.502. The molecule has 0 aliphatic rings. The normalized spacial score (nSPS) is 12.5. The Kier molecular flexibility index (Phi) is 5.60. The van der Waals surface area contributed by atoms with E-state index in [-0.39, 0.29) is 0 Å². The van der Waals surface area contributed by atoms with Crippen molar-refractivity contribution in [1.29, 1.82) is 0 Å². The lowest BCUT2D eigenvalue weighted by Gasteiger charge is -2.14. The van der Waals surface area contributed by atoms with Crippen LogP contribution in [0.3, 0.4) is 0 Å². The molecule has 0 aliphatic heterocycles. The van der Waals surface area contributed by atoms with Crippen LogP contribution in [0.25, 0.3) is 0 Å². The second kappa shape index (κ2) is 6.74. The molecular formula is C12H18ClNO2. The van der Waals surface area contributed by atoms with Gasteiger partial charge in [0.1, 0.15) is 0 Å². The number of hydrogen-bond acceptors (Lipinski definition) is 3. The first kappa shape index (κ1) is 13.3. The molecule has 1 unspecified atom stereocenters. The van der Waals surface area contributed by atoms with Crippen molar-refractivity contribution in [3.63, 3.8) is 0 Å². The largest absolute Gasteiger partial charge is 0.389 e. The first-order valence-electron chi connectivity index (χ1n) is 5.39. The van der Waals surface area contributed by atoms with Crippen LogP contribution in [0.15, 0.2) is 18.2 Å². The highest BCUT2D eigenvalue weighted by Gasteiger charge is 2.05. The highest BCUT2D eigenvalue weighted by Crippen LogP contribution is 2.19. The van der Waals surface area contributed by atoms with Gasteiger partial charge in [-0.25, -0.2) is 0 Å². The minimum atomic E-state index is -0.502. The summed E-state index contributed by atoms with van der Waals surface area (Å²) < 4.78 is 5.12. The first-order chi connectivity index (χ1) is 7.63. The Morgan fingerprint density at radius 2 is 2.25 bits per heavy atom. The molecule has 1 atom stereocenters. The molecule has 0 aromatic heterocycles. The quantitative estimate of drug-likeness (QED) is 0.807. The molecule has 0 amide bonds. The third kappa shape index (κ3) is 4.39. The smallest absolute Gasteiger partial charge is 0.0945 e. The van der Waals surface area contributed by atoms with Crippen molar-refractivity contribution < 1.29 is 9.84 Å². The Bertz CT molecular complexity index is 331. The van der Waals surface area contributed by atoms with Crippen LogP contribution in [-0.2, 0) is 4.74 Å². The third-order valence-corrected chi connectivity index (χ3v) is 2.48. The molecule has 1 rings (SSSR count). The molecule has 16 heavy (non-hydrogen) atoms. The number of halogens is 1. The lowest BCUT2D eigenvalue weighted by molar-refractivity contribution is 0.0496. The molecule has 2 N–H and O–H groups in total. The van der Waals surface area contributed by atoms with E-state index in [4.69, 9.17) is 16.3 Å². The Morgan fingerprint density at radius 1 is 1.50 bits per heavy atom. The molecule has 0 saturated heterocycles. The zero-order valence-electron chi connectivity index (χ0n) is 9.66. The summed E-state index contributed by atoms with van der Waals surface area (Å²) in [5.74, 6) is 0.